The summed E-state index contributed by atoms with van der Waals surface area (Å²) in [6, 6.07) is -0.0252. The number of aryl methyl sites for hydroxylation is 1. The predicted octanol–water partition coefficient (Wildman–Crippen LogP) is 0.398. The second kappa shape index (κ2) is 7.47. The van der Waals surface area contributed by atoms with Crippen LogP contribution in [0.4, 0.5) is 0 Å². The Hall–Kier alpha value is -1.11. The highest BCUT2D eigenvalue weighted by Crippen LogP contribution is 2.11. The van der Waals surface area contributed by atoms with Crippen LogP contribution in [-0.2, 0) is 16.6 Å². The van der Waals surface area contributed by atoms with Gasteiger partial charge in [-0.15, -0.1) is 12.4 Å². The molecular weight excluding hydrogens is 268 g/mol. The van der Waals surface area contributed by atoms with Gasteiger partial charge in [0.25, 0.3) is 0 Å². The molecule has 0 aromatic carbocycles. The van der Waals surface area contributed by atoms with Gasteiger partial charge in [-0.3, -0.25) is 9.48 Å². The summed E-state index contributed by atoms with van der Waals surface area (Å²) in [7, 11) is 1.86. The van der Waals surface area contributed by atoms with Gasteiger partial charge in [-0.05, 0) is 6.92 Å². The number of rotatable bonds is 4. The van der Waals surface area contributed by atoms with Crippen molar-refractivity contribution in [1.29, 1.82) is 0 Å². The summed E-state index contributed by atoms with van der Waals surface area (Å²) >= 11 is 0. The Morgan fingerprint density at radius 2 is 2.53 bits per heavy atom. The number of aromatic nitrogens is 2. The van der Waals surface area contributed by atoms with Crippen molar-refractivity contribution in [2.24, 2.45) is 7.05 Å². The molecule has 1 aliphatic heterocycles. The van der Waals surface area contributed by atoms with E-state index in [2.05, 4.69) is 15.7 Å². The lowest BCUT2D eigenvalue weighted by Gasteiger charge is -2.23. The Bertz CT molecular complexity index is 404. The molecule has 1 amide bonds. The Morgan fingerprint density at radius 1 is 1.74 bits per heavy atom. The highest BCUT2D eigenvalue weighted by molar-refractivity contribution is 5.85. The molecule has 19 heavy (non-hydrogen) atoms. The van der Waals surface area contributed by atoms with Crippen LogP contribution < -0.4 is 10.6 Å². The van der Waals surface area contributed by atoms with Gasteiger partial charge in [0, 0.05) is 31.9 Å². The zero-order chi connectivity index (χ0) is 13.0. The van der Waals surface area contributed by atoms with Crippen molar-refractivity contribution < 1.29 is 9.53 Å². The number of nitrogens with one attached hydrogen (secondary N) is 2. The maximum Gasteiger partial charge on any atom is 0.223 e. The van der Waals surface area contributed by atoms with E-state index in [1.807, 2.05) is 20.2 Å². The minimum absolute atomic E-state index is 0. The number of halogens is 1. The van der Waals surface area contributed by atoms with Crippen LogP contribution in [0.25, 0.3) is 0 Å². The summed E-state index contributed by atoms with van der Waals surface area (Å²) in [5.74, 6) is 0.0139. The van der Waals surface area contributed by atoms with Crippen LogP contribution in [0.1, 0.15) is 24.9 Å². The predicted molar refractivity (Wildman–Crippen MR) is 74.2 cm³/mol. The molecule has 0 bridgehead atoms. The van der Waals surface area contributed by atoms with Crippen LogP contribution in [0, 0.1) is 0 Å². The molecule has 2 heterocycles. The molecule has 2 atom stereocenters. The van der Waals surface area contributed by atoms with Gasteiger partial charge < -0.3 is 15.4 Å². The van der Waals surface area contributed by atoms with E-state index in [9.17, 15) is 4.79 Å². The third-order valence-electron chi connectivity index (χ3n) is 3.02. The smallest absolute Gasteiger partial charge is 0.223 e. The normalized spacial score (nSPS) is 20.4. The van der Waals surface area contributed by atoms with Crippen molar-refractivity contribution in [3.63, 3.8) is 0 Å². The van der Waals surface area contributed by atoms with Crippen LogP contribution in [0.2, 0.25) is 0 Å². The average molecular weight is 289 g/mol. The Labute approximate surface area is 119 Å². The summed E-state index contributed by atoms with van der Waals surface area (Å²) in [6.45, 7) is 4.24. The van der Waals surface area contributed by atoms with Gasteiger partial charge in [0.05, 0.1) is 31.4 Å². The van der Waals surface area contributed by atoms with Gasteiger partial charge >= 0.3 is 0 Å². The summed E-state index contributed by atoms with van der Waals surface area (Å²) in [6.07, 6.45) is 4.06. The third kappa shape index (κ3) is 4.81. The largest absolute Gasteiger partial charge is 0.375 e. The molecule has 0 saturated carbocycles. The molecule has 2 rings (SSSR count). The topological polar surface area (TPSA) is 68.2 Å². The quantitative estimate of drug-likeness (QED) is 0.841. The number of hydrogen-bond donors (Lipinski definition) is 2. The van der Waals surface area contributed by atoms with Crippen molar-refractivity contribution in [3.05, 3.63) is 18.0 Å². The van der Waals surface area contributed by atoms with Gasteiger partial charge in [0.1, 0.15) is 0 Å². The highest BCUT2D eigenvalue weighted by atomic mass is 35.5. The lowest BCUT2D eigenvalue weighted by atomic mass is 10.1. The van der Waals surface area contributed by atoms with Crippen LogP contribution in [0.15, 0.2) is 12.4 Å². The number of carbonyl (C=O) groups excluding carboxylic acids is 1. The molecular formula is C12H21ClN4O2. The number of carbonyl (C=O) groups is 1. The molecule has 2 unspecified atom stereocenters. The van der Waals surface area contributed by atoms with E-state index in [4.69, 9.17) is 4.74 Å². The number of amides is 1. The van der Waals surface area contributed by atoms with Gasteiger partial charge in [-0.1, -0.05) is 0 Å². The van der Waals surface area contributed by atoms with Crippen molar-refractivity contribution in [2.45, 2.75) is 25.5 Å². The maximum atomic E-state index is 11.9. The molecule has 2 N–H and O–H groups in total. The van der Waals surface area contributed by atoms with E-state index >= 15 is 0 Å². The Morgan fingerprint density at radius 3 is 3.11 bits per heavy atom. The van der Waals surface area contributed by atoms with E-state index < -0.39 is 0 Å². The molecule has 0 radical (unpaired) electrons. The lowest BCUT2D eigenvalue weighted by molar-refractivity contribution is -0.125. The van der Waals surface area contributed by atoms with Gasteiger partial charge in [0.2, 0.25) is 5.91 Å². The molecule has 1 saturated heterocycles. The molecule has 1 aromatic rings. The molecule has 6 nitrogen and oxygen atoms in total. The van der Waals surface area contributed by atoms with Crippen molar-refractivity contribution in [3.8, 4) is 0 Å². The fourth-order valence-corrected chi connectivity index (χ4v) is 2.01. The van der Waals surface area contributed by atoms with E-state index in [1.54, 1.807) is 10.9 Å². The molecule has 1 fully saturated rings. The minimum atomic E-state index is -0.0252. The summed E-state index contributed by atoms with van der Waals surface area (Å²) in [5.41, 5.74) is 1.01. The second-order valence-electron chi connectivity index (χ2n) is 4.64. The first-order chi connectivity index (χ1) is 8.65. The monoisotopic (exact) mass is 288 g/mol. The van der Waals surface area contributed by atoms with Crippen molar-refractivity contribution in [2.75, 3.05) is 19.7 Å². The fraction of sp³-hybridized carbons (Fsp3) is 0.667. The van der Waals surface area contributed by atoms with E-state index in [1.165, 1.54) is 0 Å². The molecule has 0 spiro atoms. The molecule has 1 aliphatic rings. The summed E-state index contributed by atoms with van der Waals surface area (Å²) in [4.78, 5) is 11.9. The van der Waals surface area contributed by atoms with Crippen molar-refractivity contribution in [1.82, 2.24) is 20.4 Å². The van der Waals surface area contributed by atoms with Crippen molar-refractivity contribution >= 4 is 18.3 Å². The number of nitrogens with zero attached hydrogens (tertiary/aromatic N) is 2. The molecule has 108 valence electrons. The Balaban J connectivity index is 0.00000180. The zero-order valence-electron chi connectivity index (χ0n) is 11.3. The van der Waals surface area contributed by atoms with Crippen LogP contribution in [0.5, 0.6) is 0 Å². The minimum Gasteiger partial charge on any atom is -0.375 e. The summed E-state index contributed by atoms with van der Waals surface area (Å²) < 4.78 is 7.23. The Kier molecular flexibility index (Phi) is 6.27. The first-order valence-electron chi connectivity index (χ1n) is 6.25. The highest BCUT2D eigenvalue weighted by Gasteiger charge is 2.19. The SMILES string of the molecule is CC(NC(=O)CC1CNCCO1)c1cnn(C)c1.Cl. The fourth-order valence-electron chi connectivity index (χ4n) is 2.01. The number of ether oxygens (including phenoxy) is 1. The maximum absolute atomic E-state index is 11.9. The van der Waals surface area contributed by atoms with Gasteiger partial charge in [0.15, 0.2) is 0 Å². The molecule has 0 aliphatic carbocycles. The van der Waals surface area contributed by atoms with E-state index in [0.29, 0.717) is 13.0 Å². The van der Waals surface area contributed by atoms with E-state index in [0.717, 1.165) is 18.7 Å². The zero-order valence-corrected chi connectivity index (χ0v) is 12.1. The van der Waals surface area contributed by atoms with Crippen LogP contribution in [0.3, 0.4) is 0 Å². The van der Waals surface area contributed by atoms with Gasteiger partial charge in [-0.25, -0.2) is 0 Å². The number of hydrogen-bond acceptors (Lipinski definition) is 4. The van der Waals surface area contributed by atoms with Crippen LogP contribution in [-0.4, -0.2) is 41.5 Å². The standard InChI is InChI=1S/C12H20N4O2.ClH/c1-9(10-6-14-16(2)8-10)15-12(17)5-11-7-13-3-4-18-11;/h6,8-9,11,13H,3-5,7H2,1-2H3,(H,15,17);1H. The second-order valence-corrected chi connectivity index (χ2v) is 4.64. The number of morpholine rings is 1. The third-order valence-corrected chi connectivity index (χ3v) is 3.02. The van der Waals surface area contributed by atoms with Crippen LogP contribution >= 0.6 is 12.4 Å². The first kappa shape index (κ1) is 15.9. The molecule has 7 heteroatoms. The summed E-state index contributed by atoms with van der Waals surface area (Å²) in [5, 5.41) is 10.3. The van der Waals surface area contributed by atoms with Gasteiger partial charge in [-0.2, -0.15) is 5.10 Å². The van der Waals surface area contributed by atoms with E-state index in [-0.39, 0.29) is 30.5 Å². The lowest BCUT2D eigenvalue weighted by Crippen LogP contribution is -2.41. The average Bonchev–Trinajstić information content (AvgIpc) is 2.77. The molecule has 1 aromatic heterocycles. The first-order valence-corrected chi connectivity index (χ1v) is 6.25.